The van der Waals surface area contributed by atoms with E-state index in [4.69, 9.17) is 0 Å². The van der Waals surface area contributed by atoms with Crippen LogP contribution in [0.3, 0.4) is 0 Å². The summed E-state index contributed by atoms with van der Waals surface area (Å²) in [6.45, 7) is 2.12. The van der Waals surface area contributed by atoms with E-state index in [1.54, 1.807) is 0 Å². The average Bonchev–Trinajstić information content (AvgIpc) is 2.85. The van der Waals surface area contributed by atoms with E-state index in [-0.39, 0.29) is 6.04 Å². The van der Waals surface area contributed by atoms with E-state index in [2.05, 4.69) is 56.5 Å². The van der Waals surface area contributed by atoms with E-state index in [0.29, 0.717) is 0 Å². The van der Waals surface area contributed by atoms with Gasteiger partial charge in [-0.15, -0.1) is 0 Å². The van der Waals surface area contributed by atoms with Crippen LogP contribution in [0.15, 0.2) is 47.2 Å². The topological polar surface area (TPSA) is 42.7 Å². The zero-order valence-electron chi connectivity index (χ0n) is 11.3. The summed E-state index contributed by atoms with van der Waals surface area (Å²) in [4.78, 5) is 4.51. The molecule has 1 atom stereocenters. The summed E-state index contributed by atoms with van der Waals surface area (Å²) in [6.07, 6.45) is 3.63. The second-order valence-electron chi connectivity index (χ2n) is 4.78. The van der Waals surface area contributed by atoms with E-state index >= 15 is 0 Å². The van der Waals surface area contributed by atoms with Gasteiger partial charge < -0.3 is 5.32 Å². The second-order valence-corrected chi connectivity index (χ2v) is 5.69. The largest absolute Gasteiger partial charge is 0.375 e. The second kappa shape index (κ2) is 5.25. The van der Waals surface area contributed by atoms with Crippen LogP contribution in [-0.2, 0) is 7.05 Å². The first-order valence-electron chi connectivity index (χ1n) is 6.44. The van der Waals surface area contributed by atoms with Gasteiger partial charge in [-0.25, -0.2) is 0 Å². The number of aromatic nitrogens is 3. The lowest BCUT2D eigenvalue weighted by Gasteiger charge is -2.16. The van der Waals surface area contributed by atoms with Crippen molar-refractivity contribution in [2.45, 2.75) is 13.0 Å². The molecule has 0 spiro atoms. The lowest BCUT2D eigenvalue weighted by molar-refractivity contribution is 0.676. The predicted octanol–water partition coefficient (Wildman–Crippen LogP) is 3.90. The van der Waals surface area contributed by atoms with Gasteiger partial charge in [-0.2, -0.15) is 5.10 Å². The summed E-state index contributed by atoms with van der Waals surface area (Å²) in [5, 5.41) is 8.83. The van der Waals surface area contributed by atoms with Gasteiger partial charge in [0.2, 0.25) is 0 Å². The van der Waals surface area contributed by atoms with E-state index in [9.17, 15) is 0 Å². The van der Waals surface area contributed by atoms with Gasteiger partial charge >= 0.3 is 0 Å². The number of hydrogen-bond donors (Lipinski definition) is 1. The van der Waals surface area contributed by atoms with Gasteiger partial charge in [0.15, 0.2) is 0 Å². The third-order valence-corrected chi connectivity index (χ3v) is 3.79. The molecule has 3 aromatic rings. The molecule has 0 bridgehead atoms. The molecule has 3 rings (SSSR count). The lowest BCUT2D eigenvalue weighted by atomic mass is 10.1. The average molecular weight is 331 g/mol. The van der Waals surface area contributed by atoms with Crippen molar-refractivity contribution in [3.63, 3.8) is 0 Å². The van der Waals surface area contributed by atoms with Crippen molar-refractivity contribution < 1.29 is 0 Å². The molecule has 0 amide bonds. The van der Waals surface area contributed by atoms with Crippen LogP contribution >= 0.6 is 15.9 Å². The maximum absolute atomic E-state index is 4.51. The summed E-state index contributed by atoms with van der Waals surface area (Å²) >= 11 is 3.45. The minimum Gasteiger partial charge on any atom is -0.375 e. The molecule has 1 N–H and O–H groups in total. The molecule has 20 heavy (non-hydrogen) atoms. The highest BCUT2D eigenvalue weighted by Crippen LogP contribution is 2.27. The zero-order chi connectivity index (χ0) is 14.1. The molecule has 1 unspecified atom stereocenters. The van der Waals surface area contributed by atoms with Gasteiger partial charge in [-0.3, -0.25) is 9.67 Å². The third-order valence-electron chi connectivity index (χ3n) is 3.35. The van der Waals surface area contributed by atoms with Gasteiger partial charge in [0, 0.05) is 29.3 Å². The number of nitrogens with one attached hydrogen (secondary N) is 1. The lowest BCUT2D eigenvalue weighted by Crippen LogP contribution is -2.11. The van der Waals surface area contributed by atoms with Crippen molar-refractivity contribution in [1.82, 2.24) is 14.8 Å². The standard InChI is InChI=1S/C15H15BrN4/c1-10(14-6-7-18-20(14)2)19-13-5-3-4-11-8-12(16)9-17-15(11)13/h3-10,19H,1-2H3. The first-order valence-corrected chi connectivity index (χ1v) is 7.23. The highest BCUT2D eigenvalue weighted by atomic mass is 79.9. The Kier molecular flexibility index (Phi) is 3.44. The molecule has 2 heterocycles. The molecule has 0 saturated carbocycles. The molecule has 0 fully saturated rings. The minimum absolute atomic E-state index is 0.165. The number of pyridine rings is 1. The quantitative estimate of drug-likeness (QED) is 0.791. The molecule has 0 aliphatic carbocycles. The van der Waals surface area contributed by atoms with Crippen LogP contribution in [0.4, 0.5) is 5.69 Å². The Balaban J connectivity index is 1.97. The SMILES string of the molecule is CC(Nc1cccc2cc(Br)cnc12)c1ccnn1C. The monoisotopic (exact) mass is 330 g/mol. The van der Waals surface area contributed by atoms with E-state index in [1.807, 2.05) is 36.3 Å². The zero-order valence-corrected chi connectivity index (χ0v) is 12.9. The fraction of sp³-hybridized carbons (Fsp3) is 0.200. The highest BCUT2D eigenvalue weighted by Gasteiger charge is 2.11. The van der Waals surface area contributed by atoms with Crippen molar-refractivity contribution in [3.8, 4) is 0 Å². The van der Waals surface area contributed by atoms with Crippen molar-refractivity contribution in [3.05, 3.63) is 52.9 Å². The fourth-order valence-corrected chi connectivity index (χ4v) is 2.72. The number of para-hydroxylation sites is 1. The number of rotatable bonds is 3. The summed E-state index contributed by atoms with van der Waals surface area (Å²) in [5.74, 6) is 0. The van der Waals surface area contributed by atoms with Gasteiger partial charge in [-0.05, 0) is 41.1 Å². The molecular formula is C15H15BrN4. The summed E-state index contributed by atoms with van der Waals surface area (Å²) in [6, 6.07) is 10.4. The van der Waals surface area contributed by atoms with Crippen LogP contribution in [0, 0.1) is 0 Å². The van der Waals surface area contributed by atoms with Gasteiger partial charge in [0.1, 0.15) is 0 Å². The maximum Gasteiger partial charge on any atom is 0.0934 e. The Morgan fingerprint density at radius 1 is 1.30 bits per heavy atom. The Hall–Kier alpha value is -1.88. The van der Waals surface area contributed by atoms with E-state index in [1.165, 1.54) is 0 Å². The minimum atomic E-state index is 0.165. The number of nitrogens with zero attached hydrogens (tertiary/aromatic N) is 3. The number of halogens is 1. The molecule has 102 valence electrons. The molecule has 0 radical (unpaired) electrons. The fourth-order valence-electron chi connectivity index (χ4n) is 2.37. The number of fused-ring (bicyclic) bond motifs is 1. The molecule has 2 aromatic heterocycles. The Morgan fingerprint density at radius 2 is 2.15 bits per heavy atom. The van der Waals surface area contributed by atoms with Crippen molar-refractivity contribution in [2.75, 3.05) is 5.32 Å². The molecule has 4 nitrogen and oxygen atoms in total. The van der Waals surface area contributed by atoms with Crippen molar-refractivity contribution in [1.29, 1.82) is 0 Å². The number of aryl methyl sites for hydroxylation is 1. The number of hydrogen-bond acceptors (Lipinski definition) is 3. The smallest absolute Gasteiger partial charge is 0.0934 e. The number of benzene rings is 1. The highest BCUT2D eigenvalue weighted by molar-refractivity contribution is 9.10. The molecule has 0 saturated heterocycles. The van der Waals surface area contributed by atoms with Crippen LogP contribution in [0.25, 0.3) is 10.9 Å². The van der Waals surface area contributed by atoms with E-state index in [0.717, 1.165) is 26.8 Å². The molecular weight excluding hydrogens is 316 g/mol. The van der Waals surface area contributed by atoms with Crippen LogP contribution in [-0.4, -0.2) is 14.8 Å². The Bertz CT molecular complexity index is 750. The third kappa shape index (κ3) is 2.41. The van der Waals surface area contributed by atoms with Crippen LogP contribution in [0.5, 0.6) is 0 Å². The van der Waals surface area contributed by atoms with Crippen LogP contribution in [0.2, 0.25) is 0 Å². The van der Waals surface area contributed by atoms with Gasteiger partial charge in [0.05, 0.1) is 22.9 Å². The normalized spacial score (nSPS) is 12.6. The molecule has 1 aromatic carbocycles. The van der Waals surface area contributed by atoms with E-state index < -0.39 is 0 Å². The van der Waals surface area contributed by atoms with Crippen molar-refractivity contribution in [2.24, 2.45) is 7.05 Å². The molecule has 5 heteroatoms. The first kappa shape index (κ1) is 13.1. The van der Waals surface area contributed by atoms with Crippen LogP contribution in [0.1, 0.15) is 18.7 Å². The summed E-state index contributed by atoms with van der Waals surface area (Å²) < 4.78 is 2.87. The predicted molar refractivity (Wildman–Crippen MR) is 84.7 cm³/mol. The van der Waals surface area contributed by atoms with Gasteiger partial charge in [0.25, 0.3) is 0 Å². The summed E-state index contributed by atoms with van der Waals surface area (Å²) in [7, 11) is 1.95. The Labute approximate surface area is 126 Å². The maximum atomic E-state index is 4.51. The summed E-state index contributed by atoms with van der Waals surface area (Å²) in [5.41, 5.74) is 3.15. The molecule has 0 aliphatic rings. The van der Waals surface area contributed by atoms with Crippen LogP contribution < -0.4 is 5.32 Å². The molecule has 0 aliphatic heterocycles. The Morgan fingerprint density at radius 3 is 2.90 bits per heavy atom. The number of anilines is 1. The first-order chi connectivity index (χ1) is 9.65. The van der Waals surface area contributed by atoms with Gasteiger partial charge in [-0.1, -0.05) is 12.1 Å². The van der Waals surface area contributed by atoms with Crippen molar-refractivity contribution >= 4 is 32.5 Å².